The van der Waals surface area contributed by atoms with Gasteiger partial charge in [0.15, 0.2) is 0 Å². The van der Waals surface area contributed by atoms with Gasteiger partial charge in [-0.3, -0.25) is 14.5 Å². The van der Waals surface area contributed by atoms with Crippen LogP contribution < -0.4 is 0 Å². The number of aromatic nitrogens is 2. The number of hydrogen-bond donors (Lipinski definition) is 1. The number of aliphatic hydroxyl groups excluding tert-OH is 1. The average molecular weight is 440 g/mol. The molecule has 2 aliphatic heterocycles. The Morgan fingerprint density at radius 1 is 1.19 bits per heavy atom. The fourth-order valence-electron chi connectivity index (χ4n) is 4.17. The summed E-state index contributed by atoms with van der Waals surface area (Å²) in [6, 6.07) is 4.94. The monoisotopic (exact) mass is 440 g/mol. The highest BCUT2D eigenvalue weighted by molar-refractivity contribution is 6.46. The summed E-state index contributed by atoms with van der Waals surface area (Å²) in [4.78, 5) is 37.8. The number of aryl methyl sites for hydroxylation is 2. The molecule has 0 radical (unpaired) electrons. The number of hydrogen-bond acceptors (Lipinski definition) is 7. The van der Waals surface area contributed by atoms with Crippen molar-refractivity contribution in [1.29, 1.82) is 0 Å². The first-order valence-electron chi connectivity index (χ1n) is 10.5. The second-order valence-electron chi connectivity index (χ2n) is 7.88. The lowest BCUT2D eigenvalue weighted by Gasteiger charge is -2.31. The Morgan fingerprint density at radius 2 is 1.91 bits per heavy atom. The van der Waals surface area contributed by atoms with Crippen LogP contribution in [0.3, 0.4) is 0 Å². The molecule has 0 aliphatic carbocycles. The van der Waals surface area contributed by atoms with Gasteiger partial charge in [0.1, 0.15) is 17.4 Å². The molecule has 8 nitrogen and oxygen atoms in total. The van der Waals surface area contributed by atoms with Crippen LogP contribution in [0.5, 0.6) is 0 Å². The lowest BCUT2D eigenvalue weighted by Crippen LogP contribution is -2.42. The summed E-state index contributed by atoms with van der Waals surface area (Å²) in [5.41, 5.74) is 0.698. The highest BCUT2D eigenvalue weighted by atomic mass is 19.1. The third-order valence-electron chi connectivity index (χ3n) is 5.86. The van der Waals surface area contributed by atoms with Crippen LogP contribution in [-0.2, 0) is 14.3 Å². The molecule has 2 saturated heterocycles. The molecule has 0 unspecified atom stereocenters. The zero-order valence-corrected chi connectivity index (χ0v) is 18.0. The second kappa shape index (κ2) is 9.13. The molecule has 0 bridgehead atoms. The van der Waals surface area contributed by atoms with Crippen LogP contribution >= 0.6 is 0 Å². The van der Waals surface area contributed by atoms with Crippen molar-refractivity contribution >= 4 is 17.4 Å². The normalized spacial score (nSPS) is 21.3. The summed E-state index contributed by atoms with van der Waals surface area (Å²) < 4.78 is 20.2. The van der Waals surface area contributed by atoms with E-state index in [1.807, 2.05) is 0 Å². The summed E-state index contributed by atoms with van der Waals surface area (Å²) in [7, 11) is 0. The van der Waals surface area contributed by atoms with E-state index in [0.29, 0.717) is 44.4 Å². The molecular formula is C23H25FN4O4. The number of ether oxygens (including phenoxy) is 1. The van der Waals surface area contributed by atoms with Crippen molar-refractivity contribution in [1.82, 2.24) is 19.8 Å². The molecule has 1 atom stereocenters. The maximum absolute atomic E-state index is 14.8. The van der Waals surface area contributed by atoms with E-state index in [-0.39, 0.29) is 23.2 Å². The number of carbonyl (C=O) groups excluding carboxylic acids is 2. The first-order chi connectivity index (χ1) is 15.4. The molecule has 0 spiro atoms. The number of halogens is 1. The number of amides is 1. The van der Waals surface area contributed by atoms with Gasteiger partial charge in [-0.25, -0.2) is 14.4 Å². The quantitative estimate of drug-likeness (QED) is 0.432. The van der Waals surface area contributed by atoms with Gasteiger partial charge < -0.3 is 14.7 Å². The minimum Gasteiger partial charge on any atom is -0.507 e. The molecule has 1 N–H and O–H groups in total. The molecule has 1 aromatic heterocycles. The van der Waals surface area contributed by atoms with Crippen LogP contribution in [-0.4, -0.2) is 76.0 Å². The maximum Gasteiger partial charge on any atom is 0.295 e. The summed E-state index contributed by atoms with van der Waals surface area (Å²) in [5.74, 6) is -2.06. The predicted molar refractivity (Wildman–Crippen MR) is 114 cm³/mol. The number of nitrogens with zero attached hydrogens (tertiary/aromatic N) is 4. The van der Waals surface area contributed by atoms with E-state index >= 15 is 0 Å². The van der Waals surface area contributed by atoms with Crippen LogP contribution in [0.15, 0.2) is 36.0 Å². The van der Waals surface area contributed by atoms with Crippen LogP contribution in [0, 0.1) is 19.7 Å². The Labute approximate surface area is 185 Å². The zero-order chi connectivity index (χ0) is 22.8. The number of Topliss-reactive ketones (excluding diaryl/α,β-unsaturated/α-hetero) is 1. The molecule has 168 valence electrons. The molecule has 2 fully saturated rings. The standard InChI is InChI=1S/C23H25FN4O4/c1-14-17(13-25-15(2)26-14)21(29)19-20(16-5-3-4-6-18(16)24)28(23(31)22(19)30)8-7-27-9-11-32-12-10-27/h3-6,13,20,29H,7-12H2,1-2H3/t20-/m0/s1. The Kier molecular flexibility index (Phi) is 6.29. The van der Waals surface area contributed by atoms with Gasteiger partial charge in [-0.2, -0.15) is 0 Å². The summed E-state index contributed by atoms with van der Waals surface area (Å²) in [6.07, 6.45) is 1.41. The second-order valence-corrected chi connectivity index (χ2v) is 7.88. The number of aliphatic hydroxyl groups is 1. The molecule has 32 heavy (non-hydrogen) atoms. The SMILES string of the molecule is Cc1ncc(C(O)=C2C(=O)C(=O)N(CCN3CCOCC3)[C@H]2c2ccccc2F)c(C)n1. The molecule has 4 rings (SSSR count). The number of rotatable bonds is 5. The molecule has 2 aromatic rings. The fourth-order valence-corrected chi connectivity index (χ4v) is 4.17. The minimum atomic E-state index is -1.04. The van der Waals surface area contributed by atoms with E-state index in [0.717, 1.165) is 0 Å². The first kappa shape index (κ1) is 22.0. The zero-order valence-electron chi connectivity index (χ0n) is 18.0. The van der Waals surface area contributed by atoms with Crippen LogP contribution in [0.1, 0.15) is 28.7 Å². The molecular weight excluding hydrogens is 415 g/mol. The molecule has 1 amide bonds. The Morgan fingerprint density at radius 3 is 2.59 bits per heavy atom. The van der Waals surface area contributed by atoms with Gasteiger partial charge in [-0.15, -0.1) is 0 Å². The maximum atomic E-state index is 14.8. The smallest absolute Gasteiger partial charge is 0.295 e. The van der Waals surface area contributed by atoms with E-state index in [9.17, 15) is 19.1 Å². The van der Waals surface area contributed by atoms with E-state index in [1.165, 1.54) is 29.3 Å². The largest absolute Gasteiger partial charge is 0.507 e. The number of morpholine rings is 1. The molecule has 3 heterocycles. The molecule has 2 aliphatic rings. The van der Waals surface area contributed by atoms with Crippen molar-refractivity contribution in [2.24, 2.45) is 0 Å². The Bertz CT molecular complexity index is 1080. The van der Waals surface area contributed by atoms with Crippen molar-refractivity contribution in [2.75, 3.05) is 39.4 Å². The van der Waals surface area contributed by atoms with E-state index < -0.39 is 29.3 Å². The van der Waals surface area contributed by atoms with Crippen molar-refractivity contribution < 1.29 is 23.8 Å². The topological polar surface area (TPSA) is 95.9 Å². The van der Waals surface area contributed by atoms with Crippen molar-refractivity contribution in [3.8, 4) is 0 Å². The fraction of sp³-hybridized carbons (Fsp3) is 0.391. The van der Waals surface area contributed by atoms with Gasteiger partial charge in [0.2, 0.25) is 0 Å². The number of likely N-dealkylation sites (tertiary alicyclic amines) is 1. The predicted octanol–water partition coefficient (Wildman–Crippen LogP) is 1.99. The first-order valence-corrected chi connectivity index (χ1v) is 10.5. The average Bonchev–Trinajstić information content (AvgIpc) is 3.03. The van der Waals surface area contributed by atoms with Crippen molar-refractivity contribution in [2.45, 2.75) is 19.9 Å². The van der Waals surface area contributed by atoms with Crippen LogP contribution in [0.2, 0.25) is 0 Å². The molecule has 0 saturated carbocycles. The Hall–Kier alpha value is -3.17. The third kappa shape index (κ3) is 4.13. The van der Waals surface area contributed by atoms with Gasteiger partial charge in [0.25, 0.3) is 11.7 Å². The minimum absolute atomic E-state index is 0.154. The highest BCUT2D eigenvalue weighted by Crippen LogP contribution is 2.40. The molecule has 1 aromatic carbocycles. The van der Waals surface area contributed by atoms with Crippen molar-refractivity contribution in [3.63, 3.8) is 0 Å². The van der Waals surface area contributed by atoms with Crippen LogP contribution in [0.25, 0.3) is 5.76 Å². The van der Waals surface area contributed by atoms with E-state index in [1.54, 1.807) is 19.9 Å². The third-order valence-corrected chi connectivity index (χ3v) is 5.86. The van der Waals surface area contributed by atoms with Gasteiger partial charge in [-0.05, 0) is 19.9 Å². The number of carbonyl (C=O) groups is 2. The van der Waals surface area contributed by atoms with Gasteiger partial charge in [-0.1, -0.05) is 18.2 Å². The summed E-state index contributed by atoms with van der Waals surface area (Å²) in [5, 5.41) is 11.1. The Balaban J connectivity index is 1.78. The van der Waals surface area contributed by atoms with Gasteiger partial charge >= 0.3 is 0 Å². The van der Waals surface area contributed by atoms with Gasteiger partial charge in [0.05, 0.1) is 36.1 Å². The lowest BCUT2D eigenvalue weighted by molar-refractivity contribution is -0.140. The lowest BCUT2D eigenvalue weighted by atomic mass is 9.95. The van der Waals surface area contributed by atoms with Crippen LogP contribution in [0.4, 0.5) is 4.39 Å². The van der Waals surface area contributed by atoms with Crippen molar-refractivity contribution in [3.05, 3.63) is 64.5 Å². The van der Waals surface area contributed by atoms with E-state index in [2.05, 4.69) is 14.9 Å². The number of benzene rings is 1. The van der Waals surface area contributed by atoms with E-state index in [4.69, 9.17) is 4.74 Å². The number of ketones is 1. The summed E-state index contributed by atoms with van der Waals surface area (Å²) >= 11 is 0. The van der Waals surface area contributed by atoms with Gasteiger partial charge in [0, 0.05) is 37.9 Å². The molecule has 9 heteroatoms. The highest BCUT2D eigenvalue weighted by Gasteiger charge is 2.47. The summed E-state index contributed by atoms with van der Waals surface area (Å²) in [6.45, 7) is 6.74.